The second-order valence-corrected chi connectivity index (χ2v) is 13.0. The first kappa shape index (κ1) is 42.9. The molecule has 0 spiro atoms. The van der Waals surface area contributed by atoms with Gasteiger partial charge in [0.15, 0.2) is 0 Å². The van der Waals surface area contributed by atoms with Crippen LogP contribution in [0, 0.1) is 11.8 Å². The molecule has 278 valence electrons. The lowest BCUT2D eigenvalue weighted by Crippen LogP contribution is -2.46. The largest absolute Gasteiger partial charge is 0.454 e. The average molecular weight is 703 g/mol. The highest BCUT2D eigenvalue weighted by molar-refractivity contribution is 5.88. The van der Waals surface area contributed by atoms with E-state index in [2.05, 4.69) is 47.9 Å². The Morgan fingerprint density at radius 3 is 2.47 bits per heavy atom. The molecule has 0 unspecified atom stereocenters. The van der Waals surface area contributed by atoms with Gasteiger partial charge in [-0.3, -0.25) is 9.59 Å². The van der Waals surface area contributed by atoms with Crippen molar-refractivity contribution in [3.8, 4) is 0 Å². The van der Waals surface area contributed by atoms with E-state index in [0.717, 1.165) is 36.0 Å². The Morgan fingerprint density at radius 2 is 1.76 bits per heavy atom. The molecule has 0 radical (unpaired) electrons. The molecule has 1 aliphatic heterocycles. The maximum atomic E-state index is 13.5. The molecule has 3 N–H and O–H groups in total. The molecule has 0 saturated carbocycles. The number of benzene rings is 1. The van der Waals surface area contributed by atoms with Crippen molar-refractivity contribution in [1.82, 2.24) is 10.6 Å². The van der Waals surface area contributed by atoms with Gasteiger partial charge in [-0.15, -0.1) is 0 Å². The second kappa shape index (κ2) is 24.0. The Morgan fingerprint density at radius 1 is 1.02 bits per heavy atom. The maximum Gasteiger partial charge on any atom is 0.334 e. The first-order chi connectivity index (χ1) is 24.5. The van der Waals surface area contributed by atoms with Gasteiger partial charge in [0.1, 0.15) is 12.1 Å². The molecule has 1 aliphatic rings. The Balaban J connectivity index is 2.40. The fraction of sp³-hybridized carbons (Fsp3) is 0.452. The molecule has 0 saturated heterocycles. The highest BCUT2D eigenvalue weighted by Crippen LogP contribution is 2.29. The van der Waals surface area contributed by atoms with Crippen molar-refractivity contribution in [1.29, 1.82) is 0 Å². The van der Waals surface area contributed by atoms with Gasteiger partial charge in [0, 0.05) is 32.3 Å². The van der Waals surface area contributed by atoms with Gasteiger partial charge in [-0.05, 0) is 63.5 Å². The van der Waals surface area contributed by atoms with Gasteiger partial charge in [-0.2, -0.15) is 0 Å². The van der Waals surface area contributed by atoms with E-state index in [-0.39, 0.29) is 24.0 Å². The van der Waals surface area contributed by atoms with Gasteiger partial charge < -0.3 is 30.0 Å². The van der Waals surface area contributed by atoms with Crippen LogP contribution in [0.1, 0.15) is 71.1 Å². The zero-order valence-electron chi connectivity index (χ0n) is 31.3. The van der Waals surface area contributed by atoms with E-state index in [1.807, 2.05) is 81.5 Å². The Labute approximate surface area is 304 Å². The number of hydrogen-bond donors (Lipinski definition) is 3. The number of carbonyl (C=O) groups is 3. The molecule has 51 heavy (non-hydrogen) atoms. The van der Waals surface area contributed by atoms with E-state index < -0.39 is 30.6 Å². The average Bonchev–Trinajstić information content (AvgIpc) is 3.11. The minimum atomic E-state index is -1.00. The quantitative estimate of drug-likeness (QED) is 0.186. The first-order valence-electron chi connectivity index (χ1n) is 17.7. The van der Waals surface area contributed by atoms with E-state index in [1.54, 1.807) is 21.1 Å². The molecule has 6 atom stereocenters. The van der Waals surface area contributed by atoms with Gasteiger partial charge in [-0.25, -0.2) is 4.79 Å². The lowest BCUT2D eigenvalue weighted by Gasteiger charge is -2.23. The molecule has 2 amide bonds. The van der Waals surface area contributed by atoms with Crippen molar-refractivity contribution in [2.75, 3.05) is 27.4 Å². The number of aliphatic hydroxyl groups excluding tert-OH is 1. The lowest BCUT2D eigenvalue weighted by atomic mass is 9.94. The molecule has 0 fully saturated rings. The van der Waals surface area contributed by atoms with Crippen LogP contribution in [0.25, 0.3) is 0 Å². The monoisotopic (exact) mass is 702 g/mol. The third-order valence-electron chi connectivity index (χ3n) is 8.54. The summed E-state index contributed by atoms with van der Waals surface area (Å²) in [5.41, 5.74) is 4.53. The molecule has 0 bridgehead atoms. The summed E-state index contributed by atoms with van der Waals surface area (Å²) in [5.74, 6) is -1.06. The highest BCUT2D eigenvalue weighted by Gasteiger charge is 2.23. The van der Waals surface area contributed by atoms with Gasteiger partial charge in [0.25, 0.3) is 0 Å². The van der Waals surface area contributed by atoms with Crippen LogP contribution in [0.4, 0.5) is 0 Å². The summed E-state index contributed by atoms with van der Waals surface area (Å²) in [7, 11) is 3.42. The molecule has 0 aromatic heterocycles. The molecule has 1 aromatic carbocycles. The zero-order valence-corrected chi connectivity index (χ0v) is 31.3. The van der Waals surface area contributed by atoms with Crippen LogP contribution in [0.3, 0.4) is 0 Å². The Bertz CT molecular complexity index is 1470. The van der Waals surface area contributed by atoms with Crippen molar-refractivity contribution in [2.24, 2.45) is 11.8 Å². The number of rotatable bonds is 10. The number of methoxy groups -OCH3 is 2. The Kier molecular flexibility index (Phi) is 20.1. The second-order valence-electron chi connectivity index (χ2n) is 13.0. The minimum Gasteiger partial charge on any atom is -0.454 e. The van der Waals surface area contributed by atoms with E-state index in [1.165, 1.54) is 5.57 Å². The van der Waals surface area contributed by atoms with Crippen LogP contribution >= 0.6 is 0 Å². The van der Waals surface area contributed by atoms with Gasteiger partial charge >= 0.3 is 5.97 Å². The summed E-state index contributed by atoms with van der Waals surface area (Å²) in [4.78, 5) is 36.5. The zero-order chi connectivity index (χ0) is 37.6. The molecular formula is C42H58N2O7. The molecule has 2 rings (SSSR count). The van der Waals surface area contributed by atoms with Crippen LogP contribution in [0.2, 0.25) is 0 Å². The number of cyclic esters (lactones) is 1. The molecule has 0 aliphatic carbocycles. The van der Waals surface area contributed by atoms with Crippen LogP contribution in [-0.2, 0) is 35.0 Å². The smallest absolute Gasteiger partial charge is 0.334 e. The number of aliphatic hydroxyl groups is 1. The van der Waals surface area contributed by atoms with Crippen molar-refractivity contribution in [3.63, 3.8) is 0 Å². The summed E-state index contributed by atoms with van der Waals surface area (Å²) in [5, 5.41) is 14.4. The maximum absolute atomic E-state index is 13.5. The molecule has 1 aromatic rings. The summed E-state index contributed by atoms with van der Waals surface area (Å²) in [6.45, 7) is 9.75. The number of ether oxygens (including phenoxy) is 3. The van der Waals surface area contributed by atoms with Crippen molar-refractivity contribution in [2.45, 2.75) is 84.7 Å². The fourth-order valence-corrected chi connectivity index (χ4v) is 5.51. The van der Waals surface area contributed by atoms with Crippen LogP contribution in [0.15, 0.2) is 108 Å². The first-order valence-corrected chi connectivity index (χ1v) is 17.7. The number of esters is 1. The fourth-order valence-electron chi connectivity index (χ4n) is 5.51. The molecule has 9 nitrogen and oxygen atoms in total. The minimum absolute atomic E-state index is 0.0135. The van der Waals surface area contributed by atoms with Crippen molar-refractivity contribution < 1.29 is 33.7 Å². The highest BCUT2D eigenvalue weighted by atomic mass is 16.5. The number of nitrogens with one attached hydrogen (secondary N) is 2. The topological polar surface area (TPSA) is 123 Å². The standard InChI is InChI=1S/C42H58N2O7/c1-30-13-10-19-37(49-6)18-9-8-15-33(4)40(36-17-12-16-35(27-36)23-24-43-41(47)39(28-45)44-29-46)51-42(48)34(5)25-31(2)21-22-32(3)26-38(50-7)20-11-14-30/h8-9,11-18,21-22,25-27,29,31,33,37-40,45H,10,19-20,23-24,28H2,1-7H3,(H,43,47)(H,44,46)/b14-11+,15-8+,18-9+,22-21+,30-13-,32-26+,34-25+/t31-,33+,37-,38+,39+,40+/m1/s1. The predicted molar refractivity (Wildman–Crippen MR) is 204 cm³/mol. The van der Waals surface area contributed by atoms with Crippen LogP contribution < -0.4 is 10.6 Å². The van der Waals surface area contributed by atoms with Gasteiger partial charge in [0.05, 0.1) is 18.8 Å². The summed E-state index contributed by atoms with van der Waals surface area (Å²) in [6, 6.07) is 6.75. The molecule has 1 heterocycles. The SMILES string of the molecule is CO[C@@H]1/C=C(C)/C=C/[C@@H](C)/C=C(\C)C(=O)O[C@H](c2cccc(CCNC(=O)[C@H](CO)NC=O)c2)[C@@H](C)/C=C/C=C/[C@@H](OC)CC/C=C(C)\C=C\C1. The lowest BCUT2D eigenvalue weighted by molar-refractivity contribution is -0.146. The third-order valence-corrected chi connectivity index (χ3v) is 8.54. The van der Waals surface area contributed by atoms with Crippen LogP contribution in [0.5, 0.6) is 0 Å². The number of hydrogen-bond acceptors (Lipinski definition) is 7. The molecule has 9 heteroatoms. The van der Waals surface area contributed by atoms with E-state index in [9.17, 15) is 19.5 Å². The Hall–Kier alpha value is -4.31. The number of allylic oxidation sites excluding steroid dienone is 9. The number of amides is 2. The predicted octanol–water partition coefficient (Wildman–Crippen LogP) is 6.59. The summed E-state index contributed by atoms with van der Waals surface area (Å²) in [6.07, 6.45) is 25.2. The van der Waals surface area contributed by atoms with E-state index in [4.69, 9.17) is 14.2 Å². The van der Waals surface area contributed by atoms with E-state index >= 15 is 0 Å². The molecular weight excluding hydrogens is 644 g/mol. The normalized spacial score (nSPS) is 29.1. The van der Waals surface area contributed by atoms with Crippen molar-refractivity contribution in [3.05, 3.63) is 119 Å². The van der Waals surface area contributed by atoms with E-state index in [0.29, 0.717) is 24.9 Å². The third kappa shape index (κ3) is 16.5. The summed E-state index contributed by atoms with van der Waals surface area (Å²) < 4.78 is 17.6. The van der Waals surface area contributed by atoms with Gasteiger partial charge in [0.2, 0.25) is 12.3 Å². The van der Waals surface area contributed by atoms with Crippen LogP contribution in [-0.4, -0.2) is 69.0 Å². The van der Waals surface area contributed by atoms with Crippen molar-refractivity contribution >= 4 is 18.3 Å². The number of carbonyl (C=O) groups excluding carboxylic acids is 3. The van der Waals surface area contributed by atoms with Gasteiger partial charge in [-0.1, -0.05) is 116 Å². The summed E-state index contributed by atoms with van der Waals surface area (Å²) >= 11 is 0.